The first-order valence-electron chi connectivity index (χ1n) is 7.81. The number of carbonyl (C=O) groups excluding carboxylic acids is 1. The number of dihydropyridines is 1. The molecule has 0 saturated heterocycles. The molecule has 0 aliphatic carbocycles. The Kier molecular flexibility index (Phi) is 5.73. The minimum atomic E-state index is -1.23. The molecule has 0 fully saturated rings. The average molecular weight is 361 g/mol. The van der Waals surface area contributed by atoms with Crippen LogP contribution in [0, 0.1) is 10.1 Å². The van der Waals surface area contributed by atoms with Crippen LogP contribution in [0.3, 0.4) is 0 Å². The lowest BCUT2D eigenvalue weighted by atomic mass is 9.80. The van der Waals surface area contributed by atoms with E-state index in [2.05, 4.69) is 5.32 Å². The topological polar surface area (TPSA) is 145 Å². The monoisotopic (exact) mass is 361 g/mol. The lowest BCUT2D eigenvalue weighted by Crippen LogP contribution is -2.32. The molecule has 26 heavy (non-hydrogen) atoms. The van der Waals surface area contributed by atoms with Crippen LogP contribution in [-0.2, 0) is 14.3 Å². The van der Waals surface area contributed by atoms with Crippen molar-refractivity contribution >= 4 is 17.6 Å². The van der Waals surface area contributed by atoms with E-state index in [4.69, 9.17) is 10.5 Å². The number of ether oxygens (including phenoxy) is 1. The molecule has 1 aliphatic rings. The number of aliphatic carboxylic acids is 1. The Hall–Kier alpha value is -3.20. The van der Waals surface area contributed by atoms with Crippen LogP contribution >= 0.6 is 0 Å². The number of nitro benzene ring substituents is 1. The SMILES string of the molecule is CC1=C(C(=O)O)C(c2cccc([N+](=O)[O-])c2)C(C(=O)OCCN)=C(C)N1. The number of nitrogens with two attached hydrogens (primary N) is 1. The number of carboxylic acids is 1. The van der Waals surface area contributed by atoms with Gasteiger partial charge < -0.3 is 20.9 Å². The van der Waals surface area contributed by atoms with Gasteiger partial charge in [0.25, 0.3) is 5.69 Å². The zero-order chi connectivity index (χ0) is 19.4. The van der Waals surface area contributed by atoms with E-state index in [-0.39, 0.29) is 30.0 Å². The number of esters is 1. The molecule has 1 unspecified atom stereocenters. The Morgan fingerprint density at radius 1 is 1.31 bits per heavy atom. The molecule has 138 valence electrons. The molecule has 1 atom stereocenters. The van der Waals surface area contributed by atoms with E-state index < -0.39 is 22.8 Å². The summed E-state index contributed by atoms with van der Waals surface area (Å²) in [5.74, 6) is -2.95. The van der Waals surface area contributed by atoms with Gasteiger partial charge in [-0.25, -0.2) is 9.59 Å². The van der Waals surface area contributed by atoms with Gasteiger partial charge in [-0.2, -0.15) is 0 Å². The summed E-state index contributed by atoms with van der Waals surface area (Å²) in [5.41, 5.74) is 6.25. The number of benzene rings is 1. The molecule has 1 aromatic carbocycles. The first-order valence-corrected chi connectivity index (χ1v) is 7.81. The molecular formula is C17H19N3O6. The second kappa shape index (κ2) is 7.79. The molecule has 0 spiro atoms. The normalized spacial score (nSPS) is 17.0. The van der Waals surface area contributed by atoms with E-state index in [0.29, 0.717) is 17.0 Å². The summed E-state index contributed by atoms with van der Waals surface area (Å²) in [6.07, 6.45) is 0. The van der Waals surface area contributed by atoms with E-state index in [9.17, 15) is 24.8 Å². The standard InChI is InChI=1S/C17H19N3O6/c1-9-13(16(21)22)15(11-4-3-5-12(8-11)20(24)25)14(10(2)19-9)17(23)26-7-6-18/h3-5,8,15,19H,6-7,18H2,1-2H3,(H,21,22). The zero-order valence-electron chi connectivity index (χ0n) is 14.3. The highest BCUT2D eigenvalue weighted by Crippen LogP contribution is 2.39. The van der Waals surface area contributed by atoms with Crippen molar-refractivity contribution in [1.29, 1.82) is 0 Å². The third-order valence-corrected chi connectivity index (χ3v) is 3.98. The highest BCUT2D eigenvalue weighted by atomic mass is 16.6. The summed E-state index contributed by atoms with van der Waals surface area (Å²) < 4.78 is 5.08. The molecular weight excluding hydrogens is 342 g/mol. The van der Waals surface area contributed by atoms with Crippen molar-refractivity contribution in [3.05, 3.63) is 62.5 Å². The molecule has 0 radical (unpaired) electrons. The maximum Gasteiger partial charge on any atom is 0.336 e. The maximum atomic E-state index is 12.5. The molecule has 0 amide bonds. The van der Waals surface area contributed by atoms with Crippen LogP contribution in [0.1, 0.15) is 25.3 Å². The summed E-state index contributed by atoms with van der Waals surface area (Å²) in [6.45, 7) is 3.28. The minimum Gasteiger partial charge on any atom is -0.478 e. The molecule has 4 N–H and O–H groups in total. The lowest BCUT2D eigenvalue weighted by molar-refractivity contribution is -0.384. The summed E-state index contributed by atoms with van der Waals surface area (Å²) >= 11 is 0. The number of carbonyl (C=O) groups is 2. The summed E-state index contributed by atoms with van der Waals surface area (Å²) in [4.78, 5) is 34.9. The fourth-order valence-corrected chi connectivity index (χ4v) is 2.93. The zero-order valence-corrected chi connectivity index (χ0v) is 14.3. The summed E-state index contributed by atoms with van der Waals surface area (Å²) in [6, 6.07) is 5.55. The number of hydrogen-bond donors (Lipinski definition) is 3. The van der Waals surface area contributed by atoms with Gasteiger partial charge in [0.05, 0.1) is 22.0 Å². The fourth-order valence-electron chi connectivity index (χ4n) is 2.93. The van der Waals surface area contributed by atoms with Crippen molar-refractivity contribution < 1.29 is 24.4 Å². The van der Waals surface area contributed by atoms with Gasteiger partial charge >= 0.3 is 11.9 Å². The Morgan fingerprint density at radius 2 is 1.96 bits per heavy atom. The van der Waals surface area contributed by atoms with E-state index in [0.717, 1.165) is 0 Å². The molecule has 1 aromatic rings. The van der Waals surface area contributed by atoms with Crippen LogP contribution < -0.4 is 11.1 Å². The van der Waals surface area contributed by atoms with E-state index in [1.54, 1.807) is 19.9 Å². The van der Waals surface area contributed by atoms with Crippen LogP contribution in [0.4, 0.5) is 5.69 Å². The van der Waals surface area contributed by atoms with Crippen LogP contribution in [-0.4, -0.2) is 35.1 Å². The molecule has 9 heteroatoms. The second-order valence-corrected chi connectivity index (χ2v) is 5.72. The Bertz CT molecular complexity index is 828. The van der Waals surface area contributed by atoms with Gasteiger partial charge in [0.15, 0.2) is 0 Å². The Labute approximate surface area is 149 Å². The summed E-state index contributed by atoms with van der Waals surface area (Å²) in [7, 11) is 0. The van der Waals surface area contributed by atoms with Gasteiger partial charge in [-0.15, -0.1) is 0 Å². The highest BCUT2D eigenvalue weighted by molar-refractivity contribution is 5.99. The molecule has 9 nitrogen and oxygen atoms in total. The minimum absolute atomic E-state index is 0.0254. The third kappa shape index (κ3) is 3.72. The van der Waals surface area contributed by atoms with E-state index >= 15 is 0 Å². The smallest absolute Gasteiger partial charge is 0.336 e. The van der Waals surface area contributed by atoms with Crippen LogP contribution in [0.15, 0.2) is 46.8 Å². The number of nitro groups is 1. The number of nitrogens with one attached hydrogen (secondary N) is 1. The predicted molar refractivity (Wildman–Crippen MR) is 92.0 cm³/mol. The van der Waals surface area contributed by atoms with Crippen molar-refractivity contribution in [2.45, 2.75) is 19.8 Å². The molecule has 0 bridgehead atoms. The first-order chi connectivity index (χ1) is 12.3. The quantitative estimate of drug-likeness (QED) is 0.392. The number of nitrogens with zero attached hydrogens (tertiary/aromatic N) is 1. The van der Waals surface area contributed by atoms with Gasteiger partial charge in [-0.05, 0) is 19.4 Å². The summed E-state index contributed by atoms with van der Waals surface area (Å²) in [5, 5.41) is 23.6. The van der Waals surface area contributed by atoms with Gasteiger partial charge in [-0.1, -0.05) is 12.1 Å². The number of hydrogen-bond acceptors (Lipinski definition) is 7. The van der Waals surface area contributed by atoms with Crippen molar-refractivity contribution in [3.8, 4) is 0 Å². The molecule has 0 saturated carbocycles. The van der Waals surface area contributed by atoms with E-state index in [1.165, 1.54) is 18.2 Å². The fraction of sp³-hybridized carbons (Fsp3) is 0.294. The number of carboxylic acid groups (broad SMARTS) is 1. The first kappa shape index (κ1) is 19.1. The predicted octanol–water partition coefficient (Wildman–Crippen LogP) is 1.42. The maximum absolute atomic E-state index is 12.5. The Morgan fingerprint density at radius 3 is 2.54 bits per heavy atom. The molecule has 1 aliphatic heterocycles. The number of allylic oxidation sites excluding steroid dienone is 2. The van der Waals surface area contributed by atoms with Crippen LogP contribution in [0.2, 0.25) is 0 Å². The second-order valence-electron chi connectivity index (χ2n) is 5.72. The van der Waals surface area contributed by atoms with Crippen LogP contribution in [0.5, 0.6) is 0 Å². The molecule has 1 heterocycles. The third-order valence-electron chi connectivity index (χ3n) is 3.98. The van der Waals surface area contributed by atoms with Crippen molar-refractivity contribution in [3.63, 3.8) is 0 Å². The van der Waals surface area contributed by atoms with Crippen molar-refractivity contribution in [1.82, 2.24) is 5.32 Å². The van der Waals surface area contributed by atoms with Crippen LogP contribution in [0.25, 0.3) is 0 Å². The largest absolute Gasteiger partial charge is 0.478 e. The highest BCUT2D eigenvalue weighted by Gasteiger charge is 2.37. The number of rotatable bonds is 6. The average Bonchev–Trinajstić information content (AvgIpc) is 2.58. The van der Waals surface area contributed by atoms with Crippen molar-refractivity contribution in [2.75, 3.05) is 13.2 Å². The Balaban J connectivity index is 2.64. The van der Waals surface area contributed by atoms with Gasteiger partial charge in [0.1, 0.15) is 6.61 Å². The molecule has 0 aromatic heterocycles. The van der Waals surface area contributed by atoms with Crippen molar-refractivity contribution in [2.24, 2.45) is 5.73 Å². The van der Waals surface area contributed by atoms with Gasteiger partial charge in [0, 0.05) is 30.1 Å². The van der Waals surface area contributed by atoms with Gasteiger partial charge in [0.2, 0.25) is 0 Å². The molecule has 2 rings (SSSR count). The van der Waals surface area contributed by atoms with Gasteiger partial charge in [-0.3, -0.25) is 10.1 Å². The number of non-ortho nitro benzene ring substituents is 1. The van der Waals surface area contributed by atoms with E-state index in [1.807, 2.05) is 0 Å². The lowest BCUT2D eigenvalue weighted by Gasteiger charge is -2.29.